The smallest absolute Gasteiger partial charge is 0.231 e. The monoisotopic (exact) mass is 278 g/mol. The summed E-state index contributed by atoms with van der Waals surface area (Å²) in [6.07, 6.45) is 3.73. The Hall–Kier alpha value is -2.75. The Bertz CT molecular complexity index is 765. The van der Waals surface area contributed by atoms with Crippen molar-refractivity contribution in [3.8, 4) is 22.8 Å². The molecule has 0 atom stereocenters. The lowest BCUT2D eigenvalue weighted by atomic mass is 10.1. The number of imidazole rings is 1. The van der Waals surface area contributed by atoms with Crippen LogP contribution < -0.4 is 9.47 Å². The van der Waals surface area contributed by atoms with E-state index in [1.54, 1.807) is 0 Å². The van der Waals surface area contributed by atoms with Crippen molar-refractivity contribution in [1.29, 1.82) is 0 Å². The highest BCUT2D eigenvalue weighted by molar-refractivity contribution is 5.64. The normalized spacial score (nSPS) is 12.6. The first-order chi connectivity index (χ1) is 10.4. The number of nitrogens with zero attached hydrogens (tertiary/aromatic N) is 2. The van der Waals surface area contributed by atoms with Gasteiger partial charge in [0.25, 0.3) is 0 Å². The van der Waals surface area contributed by atoms with Gasteiger partial charge in [0.15, 0.2) is 11.5 Å². The summed E-state index contributed by atoms with van der Waals surface area (Å²) in [5.41, 5.74) is 3.39. The maximum absolute atomic E-state index is 5.44. The summed E-state index contributed by atoms with van der Waals surface area (Å²) in [5, 5.41) is 0. The van der Waals surface area contributed by atoms with Gasteiger partial charge in [-0.25, -0.2) is 4.98 Å². The van der Waals surface area contributed by atoms with Gasteiger partial charge >= 0.3 is 0 Å². The van der Waals surface area contributed by atoms with Crippen molar-refractivity contribution < 1.29 is 9.47 Å². The van der Waals surface area contributed by atoms with E-state index in [2.05, 4.69) is 21.7 Å². The lowest BCUT2D eigenvalue weighted by Crippen LogP contribution is -2.00. The Kier molecular flexibility index (Phi) is 2.85. The van der Waals surface area contributed by atoms with Crippen LogP contribution in [0.3, 0.4) is 0 Å². The highest BCUT2D eigenvalue weighted by Crippen LogP contribution is 2.35. The number of benzene rings is 2. The van der Waals surface area contributed by atoms with Crippen molar-refractivity contribution in [2.75, 3.05) is 6.79 Å². The van der Waals surface area contributed by atoms with Gasteiger partial charge in [-0.15, -0.1) is 0 Å². The molecule has 0 amide bonds. The van der Waals surface area contributed by atoms with Gasteiger partial charge in [0.05, 0.1) is 18.2 Å². The molecule has 0 bridgehead atoms. The van der Waals surface area contributed by atoms with E-state index < -0.39 is 0 Å². The zero-order valence-electron chi connectivity index (χ0n) is 11.4. The maximum Gasteiger partial charge on any atom is 0.231 e. The molecular formula is C17H14N2O2. The van der Waals surface area contributed by atoms with Gasteiger partial charge in [-0.1, -0.05) is 30.3 Å². The van der Waals surface area contributed by atoms with E-state index >= 15 is 0 Å². The van der Waals surface area contributed by atoms with Gasteiger partial charge in [0.1, 0.15) is 0 Å². The minimum Gasteiger partial charge on any atom is -0.454 e. The average molecular weight is 278 g/mol. The zero-order valence-corrected chi connectivity index (χ0v) is 11.4. The third-order valence-corrected chi connectivity index (χ3v) is 3.58. The number of ether oxygens (including phenoxy) is 2. The molecule has 1 aliphatic heterocycles. The van der Waals surface area contributed by atoms with Crippen LogP contribution in [0, 0.1) is 0 Å². The van der Waals surface area contributed by atoms with Crippen molar-refractivity contribution >= 4 is 0 Å². The topological polar surface area (TPSA) is 36.3 Å². The predicted octanol–water partition coefficient (Wildman–Crippen LogP) is 3.33. The molecule has 21 heavy (non-hydrogen) atoms. The van der Waals surface area contributed by atoms with Crippen LogP contribution in [0.5, 0.6) is 11.5 Å². The third-order valence-electron chi connectivity index (χ3n) is 3.58. The molecule has 2 heterocycles. The number of aromatic nitrogens is 2. The zero-order chi connectivity index (χ0) is 14.1. The minimum atomic E-state index is 0.294. The first-order valence-corrected chi connectivity index (χ1v) is 6.84. The number of hydrogen-bond acceptors (Lipinski definition) is 3. The van der Waals surface area contributed by atoms with Gasteiger partial charge in [-0.3, -0.25) is 0 Å². The summed E-state index contributed by atoms with van der Waals surface area (Å²) in [7, 11) is 0. The summed E-state index contributed by atoms with van der Waals surface area (Å²) in [4.78, 5) is 4.28. The molecule has 2 aromatic carbocycles. The lowest BCUT2D eigenvalue weighted by Gasteiger charge is -2.09. The highest BCUT2D eigenvalue weighted by atomic mass is 16.7. The fourth-order valence-corrected chi connectivity index (χ4v) is 2.52. The van der Waals surface area contributed by atoms with Crippen molar-refractivity contribution in [2.45, 2.75) is 6.54 Å². The van der Waals surface area contributed by atoms with E-state index in [1.807, 2.05) is 48.9 Å². The van der Waals surface area contributed by atoms with Crippen LogP contribution in [0.25, 0.3) is 11.3 Å². The molecule has 1 aromatic heterocycles. The minimum absolute atomic E-state index is 0.294. The van der Waals surface area contributed by atoms with Crippen LogP contribution in [0.1, 0.15) is 5.56 Å². The van der Waals surface area contributed by atoms with Crippen molar-refractivity contribution in [1.82, 2.24) is 9.55 Å². The van der Waals surface area contributed by atoms with Crippen molar-refractivity contribution in [3.05, 3.63) is 66.6 Å². The summed E-state index contributed by atoms with van der Waals surface area (Å²) < 4.78 is 12.9. The van der Waals surface area contributed by atoms with E-state index in [-0.39, 0.29) is 0 Å². The van der Waals surface area contributed by atoms with Gasteiger partial charge in [-0.2, -0.15) is 0 Å². The number of fused-ring (bicyclic) bond motifs is 1. The Labute approximate surface area is 122 Å². The van der Waals surface area contributed by atoms with Gasteiger partial charge in [0, 0.05) is 12.1 Å². The van der Waals surface area contributed by atoms with E-state index in [0.29, 0.717) is 6.79 Å². The molecule has 1 aliphatic rings. The average Bonchev–Trinajstić information content (AvgIpc) is 3.16. The van der Waals surface area contributed by atoms with Gasteiger partial charge < -0.3 is 14.0 Å². The Morgan fingerprint density at radius 3 is 2.76 bits per heavy atom. The molecule has 0 spiro atoms. The lowest BCUT2D eigenvalue weighted by molar-refractivity contribution is 0.174. The Morgan fingerprint density at radius 1 is 1.00 bits per heavy atom. The molecule has 4 heteroatoms. The first-order valence-electron chi connectivity index (χ1n) is 6.84. The van der Waals surface area contributed by atoms with E-state index in [0.717, 1.165) is 29.3 Å². The van der Waals surface area contributed by atoms with E-state index in [1.165, 1.54) is 5.56 Å². The Morgan fingerprint density at radius 2 is 1.86 bits per heavy atom. The second-order valence-electron chi connectivity index (χ2n) is 4.96. The summed E-state index contributed by atoms with van der Waals surface area (Å²) in [5.74, 6) is 1.59. The molecule has 0 aliphatic carbocycles. The second kappa shape index (κ2) is 4.98. The first kappa shape index (κ1) is 12.0. The molecule has 0 saturated carbocycles. The van der Waals surface area contributed by atoms with Crippen molar-refractivity contribution in [3.63, 3.8) is 0 Å². The molecular weight excluding hydrogens is 264 g/mol. The number of rotatable bonds is 3. The SMILES string of the molecule is c1ccc(Cn2cncc2-c2ccc3c(c2)OCO3)cc1. The molecule has 0 N–H and O–H groups in total. The quantitative estimate of drug-likeness (QED) is 0.737. The molecule has 0 radical (unpaired) electrons. The summed E-state index contributed by atoms with van der Waals surface area (Å²) >= 11 is 0. The standard InChI is InChI=1S/C17H14N2O2/c1-2-4-13(5-3-1)10-19-11-18-9-15(19)14-6-7-16-17(8-14)21-12-20-16/h1-9,11H,10,12H2. The van der Waals surface area contributed by atoms with Crippen LogP contribution in [0.2, 0.25) is 0 Å². The van der Waals surface area contributed by atoms with Crippen LogP contribution in [-0.4, -0.2) is 16.3 Å². The van der Waals surface area contributed by atoms with Crippen LogP contribution in [-0.2, 0) is 6.54 Å². The van der Waals surface area contributed by atoms with Crippen LogP contribution in [0.4, 0.5) is 0 Å². The molecule has 0 saturated heterocycles. The summed E-state index contributed by atoms with van der Waals surface area (Å²) in [6.45, 7) is 1.09. The maximum atomic E-state index is 5.44. The molecule has 4 nitrogen and oxygen atoms in total. The fourth-order valence-electron chi connectivity index (χ4n) is 2.52. The second-order valence-corrected chi connectivity index (χ2v) is 4.96. The third kappa shape index (κ3) is 2.25. The fraction of sp³-hybridized carbons (Fsp3) is 0.118. The highest BCUT2D eigenvalue weighted by Gasteiger charge is 2.15. The molecule has 3 aromatic rings. The molecule has 4 rings (SSSR count). The molecule has 0 unspecified atom stereocenters. The number of hydrogen-bond donors (Lipinski definition) is 0. The summed E-state index contributed by atoms with van der Waals surface area (Å²) in [6, 6.07) is 16.3. The predicted molar refractivity (Wildman–Crippen MR) is 79.3 cm³/mol. The van der Waals surface area contributed by atoms with Crippen molar-refractivity contribution in [2.24, 2.45) is 0 Å². The van der Waals surface area contributed by atoms with Gasteiger partial charge in [-0.05, 0) is 23.8 Å². The molecule has 0 fully saturated rings. The van der Waals surface area contributed by atoms with Crippen LogP contribution in [0.15, 0.2) is 61.1 Å². The molecule has 104 valence electrons. The van der Waals surface area contributed by atoms with E-state index in [4.69, 9.17) is 9.47 Å². The van der Waals surface area contributed by atoms with E-state index in [9.17, 15) is 0 Å². The van der Waals surface area contributed by atoms with Gasteiger partial charge in [0.2, 0.25) is 6.79 Å². The largest absolute Gasteiger partial charge is 0.454 e. The van der Waals surface area contributed by atoms with Crippen LogP contribution >= 0.6 is 0 Å². The Balaban J connectivity index is 1.69.